The van der Waals surface area contributed by atoms with E-state index in [0.717, 1.165) is 22.3 Å². The number of hydrogen-bond acceptors (Lipinski definition) is 2. The first-order valence-corrected chi connectivity index (χ1v) is 5.73. The summed E-state index contributed by atoms with van der Waals surface area (Å²) in [5.74, 6) is 1.54. The molecule has 0 saturated heterocycles. The van der Waals surface area contributed by atoms with Gasteiger partial charge in [-0.2, -0.15) is 0 Å². The van der Waals surface area contributed by atoms with Gasteiger partial charge >= 0.3 is 0 Å². The first kappa shape index (κ1) is 10.3. The number of fused-ring (bicyclic) bond motifs is 1. The molecule has 0 saturated carbocycles. The van der Waals surface area contributed by atoms with Gasteiger partial charge in [0.1, 0.15) is 5.52 Å². The third-order valence-corrected chi connectivity index (χ3v) is 2.49. The number of methoxy groups -OCH3 is 1. The highest BCUT2D eigenvalue weighted by Crippen LogP contribution is 2.35. The first-order valence-electron chi connectivity index (χ1n) is 4.61. The number of rotatable bonds is 3. The average Bonchev–Trinajstić information content (AvgIpc) is 2.30. The van der Waals surface area contributed by atoms with Gasteiger partial charge in [-0.3, -0.25) is 0 Å². The third kappa shape index (κ3) is 1.92. The van der Waals surface area contributed by atoms with E-state index in [4.69, 9.17) is 9.47 Å². The van der Waals surface area contributed by atoms with Gasteiger partial charge in [-0.1, -0.05) is 30.3 Å². The van der Waals surface area contributed by atoms with Crippen LogP contribution in [0.1, 0.15) is 0 Å². The Hall–Kier alpha value is -1.22. The average molecular weight is 267 g/mol. The van der Waals surface area contributed by atoms with Crippen molar-refractivity contribution < 1.29 is 9.47 Å². The van der Waals surface area contributed by atoms with E-state index in [1.807, 2.05) is 30.3 Å². The lowest BCUT2D eigenvalue weighted by Gasteiger charge is -2.11. The van der Waals surface area contributed by atoms with Gasteiger partial charge in [0, 0.05) is 5.39 Å². The summed E-state index contributed by atoms with van der Waals surface area (Å²) in [7, 11) is 1.64. The van der Waals surface area contributed by atoms with Crippen molar-refractivity contribution in [1.29, 1.82) is 0 Å². The topological polar surface area (TPSA) is 18.5 Å². The summed E-state index contributed by atoms with van der Waals surface area (Å²) in [6.07, 6.45) is 0. The molecule has 0 spiro atoms. The van der Waals surface area contributed by atoms with Crippen molar-refractivity contribution in [3.63, 3.8) is 0 Å². The van der Waals surface area contributed by atoms with Crippen LogP contribution in [0.3, 0.4) is 0 Å². The van der Waals surface area contributed by atoms with Gasteiger partial charge in [-0.15, -0.1) is 0 Å². The van der Waals surface area contributed by atoms with Crippen molar-refractivity contribution in [2.24, 2.45) is 0 Å². The maximum Gasteiger partial charge on any atom is 0.170 e. The second kappa shape index (κ2) is 4.53. The fraction of sp³-hybridized carbons (Fsp3) is 0.167. The Bertz CT molecular complexity index is 468. The molecule has 2 aromatic carbocycles. The van der Waals surface area contributed by atoms with Crippen LogP contribution in [0, 0.1) is 0 Å². The number of alkyl halides is 1. The summed E-state index contributed by atoms with van der Waals surface area (Å²) in [4.78, 5) is 0. The zero-order valence-electron chi connectivity index (χ0n) is 8.37. The van der Waals surface area contributed by atoms with E-state index in [1.165, 1.54) is 0 Å². The minimum absolute atomic E-state index is 0.456. The Morgan fingerprint density at radius 3 is 2.67 bits per heavy atom. The Labute approximate surface area is 96.9 Å². The third-order valence-electron chi connectivity index (χ3n) is 2.26. The molecule has 0 bridgehead atoms. The fourth-order valence-corrected chi connectivity index (χ4v) is 1.82. The Morgan fingerprint density at radius 2 is 1.93 bits per heavy atom. The number of ether oxygens (including phenoxy) is 2. The van der Waals surface area contributed by atoms with Crippen LogP contribution >= 0.6 is 15.9 Å². The largest absolute Gasteiger partial charge is 0.493 e. The van der Waals surface area contributed by atoms with Gasteiger partial charge < -0.3 is 9.47 Å². The lowest BCUT2D eigenvalue weighted by atomic mass is 10.1. The molecule has 0 aromatic heterocycles. The molecular formula is C12H11BrO2. The quantitative estimate of drug-likeness (QED) is 0.791. The van der Waals surface area contributed by atoms with Crippen LogP contribution in [-0.2, 0) is 0 Å². The standard InChI is InChI=1S/C12H11BrO2/c1-14-11-7-6-9-4-2-3-5-10(9)12(11)15-8-13/h2-7H,8H2,1H3. The van der Waals surface area contributed by atoms with Gasteiger partial charge in [0.2, 0.25) is 0 Å². The van der Waals surface area contributed by atoms with Gasteiger partial charge in [0.05, 0.1) is 7.11 Å². The molecule has 0 amide bonds. The molecule has 0 aliphatic heterocycles. The highest BCUT2D eigenvalue weighted by molar-refractivity contribution is 9.09. The Morgan fingerprint density at radius 1 is 1.13 bits per heavy atom. The molecule has 0 N–H and O–H groups in total. The molecule has 78 valence electrons. The predicted octanol–water partition coefficient (Wildman–Crippen LogP) is 3.58. The smallest absolute Gasteiger partial charge is 0.170 e. The molecule has 3 heteroatoms. The SMILES string of the molecule is COc1ccc2ccccc2c1OCBr. The zero-order valence-corrected chi connectivity index (χ0v) is 9.95. The van der Waals surface area contributed by atoms with E-state index in [2.05, 4.69) is 22.0 Å². The maximum absolute atomic E-state index is 5.53. The predicted molar refractivity (Wildman–Crippen MR) is 64.9 cm³/mol. The van der Waals surface area contributed by atoms with Crippen molar-refractivity contribution in [3.8, 4) is 11.5 Å². The fourth-order valence-electron chi connectivity index (χ4n) is 1.59. The maximum atomic E-state index is 5.53. The van der Waals surface area contributed by atoms with Gasteiger partial charge in [-0.05, 0) is 27.4 Å². The molecule has 15 heavy (non-hydrogen) atoms. The molecule has 0 heterocycles. The summed E-state index contributed by atoms with van der Waals surface area (Å²) in [5.41, 5.74) is 0.456. The van der Waals surface area contributed by atoms with Gasteiger partial charge in [-0.25, -0.2) is 0 Å². The molecule has 0 aliphatic carbocycles. The number of benzene rings is 2. The van der Waals surface area contributed by atoms with Crippen LogP contribution in [-0.4, -0.2) is 12.6 Å². The molecule has 2 nitrogen and oxygen atoms in total. The van der Waals surface area contributed by atoms with Crippen molar-refractivity contribution in [2.45, 2.75) is 0 Å². The summed E-state index contributed by atoms with van der Waals surface area (Å²) in [6, 6.07) is 12.0. The van der Waals surface area contributed by atoms with E-state index in [1.54, 1.807) is 7.11 Å². The van der Waals surface area contributed by atoms with E-state index in [-0.39, 0.29) is 0 Å². The van der Waals surface area contributed by atoms with Gasteiger partial charge in [0.25, 0.3) is 0 Å². The van der Waals surface area contributed by atoms with Crippen molar-refractivity contribution in [2.75, 3.05) is 12.6 Å². The molecule has 0 fully saturated rings. The van der Waals surface area contributed by atoms with E-state index < -0.39 is 0 Å². The van der Waals surface area contributed by atoms with Crippen LogP contribution in [0.15, 0.2) is 36.4 Å². The monoisotopic (exact) mass is 266 g/mol. The van der Waals surface area contributed by atoms with Crippen molar-refractivity contribution >= 4 is 26.7 Å². The summed E-state index contributed by atoms with van der Waals surface area (Å²) < 4.78 is 10.8. The van der Waals surface area contributed by atoms with Crippen LogP contribution in [0.5, 0.6) is 11.5 Å². The second-order valence-corrected chi connectivity index (χ2v) is 3.53. The molecule has 0 aliphatic rings. The van der Waals surface area contributed by atoms with Crippen LogP contribution in [0.2, 0.25) is 0 Å². The zero-order chi connectivity index (χ0) is 10.7. The Kier molecular flexibility index (Phi) is 3.11. The highest BCUT2D eigenvalue weighted by atomic mass is 79.9. The summed E-state index contributed by atoms with van der Waals surface area (Å²) in [5, 5.41) is 2.21. The van der Waals surface area contributed by atoms with Crippen molar-refractivity contribution in [3.05, 3.63) is 36.4 Å². The van der Waals surface area contributed by atoms with Crippen LogP contribution < -0.4 is 9.47 Å². The first-order chi connectivity index (χ1) is 7.36. The normalized spacial score (nSPS) is 10.3. The summed E-state index contributed by atoms with van der Waals surface area (Å²) >= 11 is 3.26. The van der Waals surface area contributed by atoms with E-state index in [0.29, 0.717) is 5.52 Å². The lowest BCUT2D eigenvalue weighted by Crippen LogP contribution is -1.94. The minimum Gasteiger partial charge on any atom is -0.493 e. The molecule has 0 atom stereocenters. The lowest BCUT2D eigenvalue weighted by molar-refractivity contribution is 0.350. The summed E-state index contributed by atoms with van der Waals surface area (Å²) in [6.45, 7) is 0. The number of hydrogen-bond donors (Lipinski definition) is 0. The molecular weight excluding hydrogens is 256 g/mol. The van der Waals surface area contributed by atoms with Gasteiger partial charge in [0.15, 0.2) is 11.5 Å². The van der Waals surface area contributed by atoms with Crippen molar-refractivity contribution in [1.82, 2.24) is 0 Å². The number of halogens is 1. The molecule has 2 aromatic rings. The molecule has 2 rings (SSSR count). The molecule has 0 radical (unpaired) electrons. The Balaban J connectivity index is 2.67. The van der Waals surface area contributed by atoms with Crippen LogP contribution in [0.25, 0.3) is 10.8 Å². The van der Waals surface area contributed by atoms with E-state index >= 15 is 0 Å². The molecule has 0 unspecified atom stereocenters. The highest BCUT2D eigenvalue weighted by Gasteiger charge is 2.08. The van der Waals surface area contributed by atoms with E-state index in [9.17, 15) is 0 Å². The minimum atomic E-state index is 0.456. The second-order valence-electron chi connectivity index (χ2n) is 3.07. The van der Waals surface area contributed by atoms with Crippen LogP contribution in [0.4, 0.5) is 0 Å².